The molecule has 1 heterocycles. The number of alkyl halides is 3. The molecule has 0 radical (unpaired) electrons. The van der Waals surface area contributed by atoms with Crippen LogP contribution in [0.1, 0.15) is 17.0 Å². The van der Waals surface area contributed by atoms with Gasteiger partial charge in [-0.15, -0.1) is 13.2 Å². The van der Waals surface area contributed by atoms with Crippen LogP contribution in [0.15, 0.2) is 42.5 Å². The first kappa shape index (κ1) is 14.7. The first-order valence-electron chi connectivity index (χ1n) is 6.30. The minimum Gasteiger partial charge on any atom is -0.405 e. The molecule has 3 rings (SSSR count). The van der Waals surface area contributed by atoms with Crippen molar-refractivity contribution < 1.29 is 22.7 Å². The van der Waals surface area contributed by atoms with Crippen LogP contribution in [0.2, 0.25) is 5.02 Å². The van der Waals surface area contributed by atoms with Crippen LogP contribution in [-0.4, -0.2) is 12.3 Å². The second kappa shape index (κ2) is 5.21. The highest BCUT2D eigenvalue weighted by Crippen LogP contribution is 2.42. The van der Waals surface area contributed by atoms with Gasteiger partial charge in [-0.1, -0.05) is 29.8 Å². The van der Waals surface area contributed by atoms with Gasteiger partial charge >= 0.3 is 6.36 Å². The Morgan fingerprint density at radius 2 is 1.82 bits per heavy atom. The van der Waals surface area contributed by atoms with Crippen molar-refractivity contribution in [1.82, 2.24) is 0 Å². The van der Waals surface area contributed by atoms with Crippen LogP contribution in [-0.2, 0) is 4.79 Å². The molecule has 2 aromatic rings. The number of halogens is 4. The molecule has 0 aliphatic carbocycles. The number of rotatable bonds is 2. The number of benzene rings is 2. The van der Waals surface area contributed by atoms with Gasteiger partial charge in [-0.25, -0.2) is 0 Å². The Labute approximate surface area is 128 Å². The number of carbonyl (C=O) groups is 1. The number of para-hydroxylation sites is 1. The summed E-state index contributed by atoms with van der Waals surface area (Å²) >= 11 is 5.92. The monoisotopic (exact) mass is 327 g/mol. The lowest BCUT2D eigenvalue weighted by molar-refractivity contribution is -0.274. The normalized spacial score (nSPS) is 17.1. The van der Waals surface area contributed by atoms with Gasteiger partial charge in [0, 0.05) is 16.3 Å². The summed E-state index contributed by atoms with van der Waals surface area (Å²) in [6, 6.07) is 10.3. The van der Waals surface area contributed by atoms with E-state index in [1.165, 1.54) is 18.2 Å². The van der Waals surface area contributed by atoms with E-state index in [4.69, 9.17) is 11.6 Å². The van der Waals surface area contributed by atoms with Crippen molar-refractivity contribution in [3.63, 3.8) is 0 Å². The number of hydrogen-bond acceptors (Lipinski definition) is 2. The third-order valence-electron chi connectivity index (χ3n) is 3.30. The Bertz CT molecular complexity index is 746. The van der Waals surface area contributed by atoms with Gasteiger partial charge in [-0.2, -0.15) is 0 Å². The molecular formula is C15H9ClF3NO2. The Balaban J connectivity index is 2.09. The zero-order chi connectivity index (χ0) is 15.9. The average Bonchev–Trinajstić information content (AvgIpc) is 2.73. The van der Waals surface area contributed by atoms with E-state index in [-0.39, 0.29) is 5.56 Å². The quantitative estimate of drug-likeness (QED) is 0.892. The number of ether oxygens (including phenoxy) is 1. The maximum atomic E-state index is 12.5. The maximum Gasteiger partial charge on any atom is 0.573 e. The average molecular weight is 328 g/mol. The lowest BCUT2D eigenvalue weighted by Gasteiger charge is -2.16. The Morgan fingerprint density at radius 1 is 1.09 bits per heavy atom. The molecule has 22 heavy (non-hydrogen) atoms. The van der Waals surface area contributed by atoms with E-state index in [1.807, 2.05) is 0 Å². The van der Waals surface area contributed by atoms with E-state index in [1.54, 1.807) is 24.3 Å². The molecule has 1 amide bonds. The summed E-state index contributed by atoms with van der Waals surface area (Å²) in [5.41, 5.74) is 1.19. The summed E-state index contributed by atoms with van der Waals surface area (Å²) in [6.07, 6.45) is -4.83. The fourth-order valence-electron chi connectivity index (χ4n) is 2.48. The first-order chi connectivity index (χ1) is 10.3. The molecule has 114 valence electrons. The molecule has 1 atom stereocenters. The molecule has 3 nitrogen and oxygen atoms in total. The summed E-state index contributed by atoms with van der Waals surface area (Å²) < 4.78 is 41.6. The standard InChI is InChI=1S/C15H9ClF3NO2/c16-8-5-6-11-10(7-8)13(14(21)20-11)9-3-1-2-4-12(9)22-15(17,18)19/h1-7,13H,(H,20,21). The van der Waals surface area contributed by atoms with Crippen LogP contribution < -0.4 is 10.1 Å². The van der Waals surface area contributed by atoms with Gasteiger partial charge in [-0.3, -0.25) is 4.79 Å². The third-order valence-corrected chi connectivity index (χ3v) is 3.54. The lowest BCUT2D eigenvalue weighted by atomic mass is 9.92. The summed E-state index contributed by atoms with van der Waals surface area (Å²) in [7, 11) is 0. The molecule has 1 aliphatic heterocycles. The van der Waals surface area contributed by atoms with E-state index < -0.39 is 23.9 Å². The van der Waals surface area contributed by atoms with E-state index >= 15 is 0 Å². The molecule has 0 saturated heterocycles. The highest BCUT2D eigenvalue weighted by molar-refractivity contribution is 6.31. The minimum atomic E-state index is -4.83. The highest BCUT2D eigenvalue weighted by Gasteiger charge is 2.37. The van der Waals surface area contributed by atoms with Crippen LogP contribution in [0.4, 0.5) is 18.9 Å². The molecule has 0 aromatic heterocycles. The number of fused-ring (bicyclic) bond motifs is 1. The maximum absolute atomic E-state index is 12.5. The first-order valence-corrected chi connectivity index (χ1v) is 6.68. The van der Waals surface area contributed by atoms with E-state index in [0.717, 1.165) is 0 Å². The molecule has 2 aromatic carbocycles. The van der Waals surface area contributed by atoms with Crippen molar-refractivity contribution in [3.8, 4) is 5.75 Å². The van der Waals surface area contributed by atoms with E-state index in [0.29, 0.717) is 16.3 Å². The zero-order valence-corrected chi connectivity index (χ0v) is 11.7. The van der Waals surface area contributed by atoms with Crippen molar-refractivity contribution in [1.29, 1.82) is 0 Å². The van der Waals surface area contributed by atoms with Crippen molar-refractivity contribution in [3.05, 3.63) is 58.6 Å². The second-order valence-corrected chi connectivity index (χ2v) is 5.18. The van der Waals surface area contributed by atoms with Crippen molar-refractivity contribution in [2.24, 2.45) is 0 Å². The fraction of sp³-hybridized carbons (Fsp3) is 0.133. The second-order valence-electron chi connectivity index (χ2n) is 4.74. The fourth-order valence-corrected chi connectivity index (χ4v) is 2.66. The molecule has 0 bridgehead atoms. The van der Waals surface area contributed by atoms with Crippen LogP contribution in [0.3, 0.4) is 0 Å². The van der Waals surface area contributed by atoms with Gasteiger partial charge < -0.3 is 10.1 Å². The SMILES string of the molecule is O=C1Nc2ccc(Cl)cc2C1c1ccccc1OC(F)(F)F. The molecule has 1 aliphatic rings. The van der Waals surface area contributed by atoms with Crippen molar-refractivity contribution in [2.75, 3.05) is 5.32 Å². The highest BCUT2D eigenvalue weighted by atomic mass is 35.5. The molecule has 0 fully saturated rings. The number of nitrogens with one attached hydrogen (secondary N) is 1. The number of amides is 1. The Morgan fingerprint density at radius 3 is 2.55 bits per heavy atom. The summed E-state index contributed by atoms with van der Waals surface area (Å²) in [5, 5.41) is 3.03. The molecular weight excluding hydrogens is 319 g/mol. The lowest BCUT2D eigenvalue weighted by Crippen LogP contribution is -2.20. The van der Waals surface area contributed by atoms with Crippen molar-refractivity contribution >= 4 is 23.2 Å². The van der Waals surface area contributed by atoms with Crippen LogP contribution in [0.5, 0.6) is 5.75 Å². The van der Waals surface area contributed by atoms with Gasteiger partial charge in [0.2, 0.25) is 5.91 Å². The summed E-state index contributed by atoms with van der Waals surface area (Å²) in [5.74, 6) is -1.72. The minimum absolute atomic E-state index is 0.137. The predicted molar refractivity (Wildman–Crippen MR) is 75.0 cm³/mol. The molecule has 0 spiro atoms. The van der Waals surface area contributed by atoms with Gasteiger partial charge in [0.25, 0.3) is 0 Å². The zero-order valence-electron chi connectivity index (χ0n) is 10.9. The Kier molecular flexibility index (Phi) is 3.48. The van der Waals surface area contributed by atoms with Crippen molar-refractivity contribution in [2.45, 2.75) is 12.3 Å². The summed E-state index contributed by atoms with van der Waals surface area (Å²) in [6.45, 7) is 0. The largest absolute Gasteiger partial charge is 0.573 e. The van der Waals surface area contributed by atoms with Gasteiger partial charge in [0.05, 0.1) is 5.92 Å². The predicted octanol–water partition coefficient (Wildman–Crippen LogP) is 4.32. The topological polar surface area (TPSA) is 38.3 Å². The molecule has 0 saturated carbocycles. The van der Waals surface area contributed by atoms with Gasteiger partial charge in [0.15, 0.2) is 0 Å². The van der Waals surface area contributed by atoms with Crippen LogP contribution >= 0.6 is 11.6 Å². The van der Waals surface area contributed by atoms with Crippen LogP contribution in [0.25, 0.3) is 0 Å². The number of anilines is 1. The Hall–Kier alpha value is -2.21. The number of carbonyl (C=O) groups excluding carboxylic acids is 1. The molecule has 1 N–H and O–H groups in total. The smallest absolute Gasteiger partial charge is 0.405 e. The number of hydrogen-bond donors (Lipinski definition) is 1. The van der Waals surface area contributed by atoms with Crippen LogP contribution in [0, 0.1) is 0 Å². The van der Waals surface area contributed by atoms with Gasteiger partial charge in [0.1, 0.15) is 5.75 Å². The van der Waals surface area contributed by atoms with E-state index in [2.05, 4.69) is 10.1 Å². The molecule has 7 heteroatoms. The molecule has 1 unspecified atom stereocenters. The summed E-state index contributed by atoms with van der Waals surface area (Å²) in [4.78, 5) is 12.2. The van der Waals surface area contributed by atoms with E-state index in [9.17, 15) is 18.0 Å². The van der Waals surface area contributed by atoms with Gasteiger partial charge in [-0.05, 0) is 29.8 Å². The third kappa shape index (κ3) is 2.74.